The van der Waals surface area contributed by atoms with Crippen LogP contribution in [-0.2, 0) is 22.4 Å². The quantitative estimate of drug-likeness (QED) is 0.703. The highest BCUT2D eigenvalue weighted by Gasteiger charge is 2.19. The van der Waals surface area contributed by atoms with Crippen molar-refractivity contribution < 1.29 is 9.59 Å². The minimum absolute atomic E-state index is 0. The topological polar surface area (TPSA) is 78.7 Å². The van der Waals surface area contributed by atoms with E-state index >= 15 is 0 Å². The minimum Gasteiger partial charge on any atom is -0.399 e. The highest BCUT2D eigenvalue weighted by molar-refractivity contribution is 5.92. The van der Waals surface area contributed by atoms with E-state index in [0.717, 1.165) is 37.3 Å². The lowest BCUT2D eigenvalue weighted by molar-refractivity contribution is -0.132. The molecule has 0 aliphatic carbocycles. The van der Waals surface area contributed by atoms with Crippen LogP contribution in [0.4, 0.5) is 11.4 Å². The van der Waals surface area contributed by atoms with Gasteiger partial charge >= 0.3 is 0 Å². The molecule has 1 aliphatic heterocycles. The van der Waals surface area contributed by atoms with E-state index in [-0.39, 0.29) is 43.0 Å². The second kappa shape index (κ2) is 11.7. The van der Waals surface area contributed by atoms with Crippen molar-refractivity contribution in [2.45, 2.75) is 12.8 Å². The Labute approximate surface area is 184 Å². The van der Waals surface area contributed by atoms with Gasteiger partial charge < -0.3 is 20.9 Å². The van der Waals surface area contributed by atoms with Gasteiger partial charge in [0.25, 0.3) is 0 Å². The van der Waals surface area contributed by atoms with E-state index in [4.69, 9.17) is 5.73 Å². The van der Waals surface area contributed by atoms with Crippen molar-refractivity contribution in [2.24, 2.45) is 0 Å². The van der Waals surface area contributed by atoms with Crippen molar-refractivity contribution >= 4 is 48.0 Å². The van der Waals surface area contributed by atoms with Gasteiger partial charge in [-0.15, -0.1) is 24.8 Å². The van der Waals surface area contributed by atoms with Crippen molar-refractivity contribution in [1.29, 1.82) is 0 Å². The molecule has 0 unspecified atom stereocenters. The summed E-state index contributed by atoms with van der Waals surface area (Å²) in [5.74, 6) is 0.0377. The van der Waals surface area contributed by atoms with E-state index in [9.17, 15) is 9.59 Å². The van der Waals surface area contributed by atoms with Crippen LogP contribution in [0.1, 0.15) is 11.1 Å². The van der Waals surface area contributed by atoms with Crippen LogP contribution < -0.4 is 11.1 Å². The fraction of sp³-hybridized carbons (Fsp3) is 0.333. The summed E-state index contributed by atoms with van der Waals surface area (Å²) in [6.07, 6.45) is 0.635. The number of hydrogen-bond acceptors (Lipinski definition) is 4. The Morgan fingerprint density at radius 2 is 1.59 bits per heavy atom. The third-order valence-electron chi connectivity index (χ3n) is 4.77. The van der Waals surface area contributed by atoms with Crippen molar-refractivity contribution in [1.82, 2.24) is 9.80 Å². The summed E-state index contributed by atoms with van der Waals surface area (Å²) in [4.78, 5) is 28.9. The average molecular weight is 439 g/mol. The SMILES string of the molecule is CN1CCN(C(=O)Cc2cccc(NC(=O)Cc3ccc(N)cc3)c2)CC1.Cl.Cl. The summed E-state index contributed by atoms with van der Waals surface area (Å²) < 4.78 is 0. The first-order chi connectivity index (χ1) is 13.0. The van der Waals surface area contributed by atoms with Crippen LogP contribution in [0, 0.1) is 0 Å². The molecule has 3 N–H and O–H groups in total. The number of hydrogen-bond donors (Lipinski definition) is 2. The maximum Gasteiger partial charge on any atom is 0.228 e. The highest BCUT2D eigenvalue weighted by atomic mass is 35.5. The second-order valence-corrected chi connectivity index (χ2v) is 7.03. The van der Waals surface area contributed by atoms with E-state index in [0.29, 0.717) is 17.8 Å². The number of rotatable bonds is 5. The standard InChI is InChI=1S/C21H26N4O2.2ClH/c1-24-9-11-25(12-10-24)21(27)15-17-3-2-4-19(13-17)23-20(26)14-16-5-7-18(22)8-6-16;;/h2-8,13H,9-12,14-15,22H2,1H3,(H,23,26);2*1H. The maximum absolute atomic E-state index is 12.5. The Bertz CT molecular complexity index is 807. The Morgan fingerprint density at radius 1 is 0.931 bits per heavy atom. The normalized spacial score (nSPS) is 13.8. The molecule has 2 aromatic carbocycles. The first-order valence-corrected chi connectivity index (χ1v) is 9.19. The first kappa shape index (κ1) is 24.8. The molecule has 0 bridgehead atoms. The van der Waals surface area contributed by atoms with E-state index in [1.165, 1.54) is 0 Å². The second-order valence-electron chi connectivity index (χ2n) is 7.03. The van der Waals surface area contributed by atoms with Crippen molar-refractivity contribution in [3.8, 4) is 0 Å². The minimum atomic E-state index is -0.0951. The van der Waals surface area contributed by atoms with Gasteiger partial charge in [-0.3, -0.25) is 9.59 Å². The zero-order valence-corrected chi connectivity index (χ0v) is 18.1. The Morgan fingerprint density at radius 3 is 2.24 bits per heavy atom. The summed E-state index contributed by atoms with van der Waals surface area (Å²) in [6, 6.07) is 14.8. The molecule has 0 spiro atoms. The van der Waals surface area contributed by atoms with Crippen molar-refractivity contribution in [3.05, 3.63) is 59.7 Å². The van der Waals surface area contributed by atoms with Crippen molar-refractivity contribution in [2.75, 3.05) is 44.3 Å². The zero-order chi connectivity index (χ0) is 19.2. The predicted molar refractivity (Wildman–Crippen MR) is 122 cm³/mol. The Kier molecular flexibility index (Phi) is 9.95. The number of nitrogens with zero attached hydrogens (tertiary/aromatic N) is 2. The molecule has 29 heavy (non-hydrogen) atoms. The number of anilines is 2. The molecule has 1 heterocycles. The van der Waals surface area contributed by atoms with Crippen LogP contribution in [0.3, 0.4) is 0 Å². The molecule has 3 rings (SSSR count). The van der Waals surface area contributed by atoms with Crippen LogP contribution >= 0.6 is 24.8 Å². The van der Waals surface area contributed by atoms with Gasteiger partial charge in [-0.1, -0.05) is 24.3 Å². The summed E-state index contributed by atoms with van der Waals surface area (Å²) in [7, 11) is 2.07. The number of carbonyl (C=O) groups is 2. The molecule has 158 valence electrons. The van der Waals surface area contributed by atoms with Crippen LogP contribution in [0.25, 0.3) is 0 Å². The Hall–Kier alpha value is -2.28. The maximum atomic E-state index is 12.5. The number of amides is 2. The summed E-state index contributed by atoms with van der Waals surface area (Å²) in [5.41, 5.74) is 8.86. The molecule has 2 aromatic rings. The summed E-state index contributed by atoms with van der Waals surface area (Å²) >= 11 is 0. The molecule has 1 aliphatic rings. The number of likely N-dealkylation sites (N-methyl/N-ethyl adjacent to an activating group) is 1. The van der Waals surface area contributed by atoms with Gasteiger partial charge in [0.05, 0.1) is 12.8 Å². The van der Waals surface area contributed by atoms with Gasteiger partial charge in [0.15, 0.2) is 0 Å². The lowest BCUT2D eigenvalue weighted by atomic mass is 10.1. The molecule has 8 heteroatoms. The number of nitrogens with two attached hydrogens (primary N) is 1. The molecule has 0 saturated carbocycles. The highest BCUT2D eigenvalue weighted by Crippen LogP contribution is 2.14. The van der Waals surface area contributed by atoms with Crippen LogP contribution in [0.15, 0.2) is 48.5 Å². The van der Waals surface area contributed by atoms with Crippen LogP contribution in [-0.4, -0.2) is 54.8 Å². The first-order valence-electron chi connectivity index (χ1n) is 9.19. The molecule has 0 aromatic heterocycles. The van der Waals surface area contributed by atoms with Crippen molar-refractivity contribution in [3.63, 3.8) is 0 Å². The van der Waals surface area contributed by atoms with E-state index in [1.807, 2.05) is 41.3 Å². The number of benzene rings is 2. The molecular weight excluding hydrogens is 411 g/mol. The van der Waals surface area contributed by atoms with Gasteiger partial charge in [0.1, 0.15) is 0 Å². The van der Waals surface area contributed by atoms with Gasteiger partial charge in [-0.05, 0) is 42.4 Å². The number of carbonyl (C=O) groups excluding carboxylic acids is 2. The molecule has 0 atom stereocenters. The van der Waals surface area contributed by atoms with Crippen LogP contribution in [0.2, 0.25) is 0 Å². The third kappa shape index (κ3) is 7.57. The van der Waals surface area contributed by atoms with E-state index in [1.54, 1.807) is 12.1 Å². The third-order valence-corrected chi connectivity index (χ3v) is 4.77. The molecule has 0 radical (unpaired) electrons. The fourth-order valence-electron chi connectivity index (χ4n) is 3.13. The average Bonchev–Trinajstić information content (AvgIpc) is 2.64. The largest absolute Gasteiger partial charge is 0.399 e. The van der Waals surface area contributed by atoms with E-state index < -0.39 is 0 Å². The van der Waals surface area contributed by atoms with Gasteiger partial charge in [0.2, 0.25) is 11.8 Å². The molecule has 1 saturated heterocycles. The van der Waals surface area contributed by atoms with Crippen LogP contribution in [0.5, 0.6) is 0 Å². The lowest BCUT2D eigenvalue weighted by Gasteiger charge is -2.32. The fourth-order valence-corrected chi connectivity index (χ4v) is 3.13. The molecular formula is C21H28Cl2N4O2. The van der Waals surface area contributed by atoms with E-state index in [2.05, 4.69) is 17.3 Å². The monoisotopic (exact) mass is 438 g/mol. The number of nitrogen functional groups attached to an aromatic ring is 1. The zero-order valence-electron chi connectivity index (χ0n) is 16.5. The molecule has 6 nitrogen and oxygen atoms in total. The predicted octanol–water partition coefficient (Wildman–Crippen LogP) is 2.61. The number of nitrogens with one attached hydrogen (secondary N) is 1. The molecule has 1 fully saturated rings. The smallest absolute Gasteiger partial charge is 0.228 e. The summed E-state index contributed by atoms with van der Waals surface area (Å²) in [6.45, 7) is 3.36. The lowest BCUT2D eigenvalue weighted by Crippen LogP contribution is -2.47. The van der Waals surface area contributed by atoms with Gasteiger partial charge in [-0.2, -0.15) is 0 Å². The summed E-state index contributed by atoms with van der Waals surface area (Å²) in [5, 5.41) is 2.90. The number of piperazine rings is 1. The number of halogens is 2. The Balaban J connectivity index is 0.00000210. The van der Waals surface area contributed by atoms with Gasteiger partial charge in [0, 0.05) is 37.6 Å². The van der Waals surface area contributed by atoms with Gasteiger partial charge in [-0.25, -0.2) is 0 Å². The molecule has 2 amide bonds.